The average Bonchev–Trinajstić information content (AvgIpc) is 3.04. The molecule has 1 atom stereocenters. The molecule has 5 nitrogen and oxygen atoms in total. The molecule has 1 heterocycles. The summed E-state index contributed by atoms with van der Waals surface area (Å²) in [6.07, 6.45) is 1.53. The van der Waals surface area contributed by atoms with Crippen LogP contribution in [-0.2, 0) is 4.79 Å². The largest absolute Gasteiger partial charge is 0.326 e. The Bertz CT molecular complexity index is 944. The third-order valence-electron chi connectivity index (χ3n) is 3.64. The molecule has 0 radical (unpaired) electrons. The van der Waals surface area contributed by atoms with Gasteiger partial charge in [0.25, 0.3) is 0 Å². The van der Waals surface area contributed by atoms with Crippen LogP contribution in [0.4, 0.5) is 14.5 Å². The molecule has 0 fully saturated rings. The first-order valence-electron chi connectivity index (χ1n) is 7.83. The summed E-state index contributed by atoms with van der Waals surface area (Å²) in [5.74, 6) is -1.13. The average molecular weight is 374 g/mol. The molecule has 1 amide bonds. The summed E-state index contributed by atoms with van der Waals surface area (Å²) in [6.45, 7) is 3.21. The molecular weight excluding hydrogens is 358 g/mol. The maximum absolute atomic E-state index is 14.0. The van der Waals surface area contributed by atoms with E-state index in [1.54, 1.807) is 29.7 Å². The van der Waals surface area contributed by atoms with Gasteiger partial charge in [-0.1, -0.05) is 17.8 Å². The van der Waals surface area contributed by atoms with Crippen molar-refractivity contribution in [2.45, 2.75) is 24.3 Å². The van der Waals surface area contributed by atoms with Crippen molar-refractivity contribution < 1.29 is 13.6 Å². The number of halogens is 2. The van der Waals surface area contributed by atoms with Gasteiger partial charge in [0, 0.05) is 23.4 Å². The molecule has 0 aliphatic carbocycles. The molecular formula is C18H16F2N4OS. The lowest BCUT2D eigenvalue weighted by atomic mass is 10.1. The Morgan fingerprint density at radius 1 is 1.23 bits per heavy atom. The van der Waals surface area contributed by atoms with E-state index in [1.165, 1.54) is 31.1 Å². The molecule has 2 aromatic carbocycles. The Morgan fingerprint density at radius 3 is 2.81 bits per heavy atom. The fourth-order valence-electron chi connectivity index (χ4n) is 2.47. The number of thioether (sulfide) groups is 1. The van der Waals surface area contributed by atoms with E-state index in [0.717, 1.165) is 17.8 Å². The summed E-state index contributed by atoms with van der Waals surface area (Å²) in [5.41, 5.74) is 1.65. The fraction of sp³-hybridized carbons (Fsp3) is 0.167. The third-order valence-corrected chi connectivity index (χ3v) is 4.74. The van der Waals surface area contributed by atoms with Crippen LogP contribution in [0.2, 0.25) is 0 Å². The van der Waals surface area contributed by atoms with E-state index in [-0.39, 0.29) is 16.7 Å². The molecule has 134 valence electrons. The Hall–Kier alpha value is -2.74. The fourth-order valence-corrected chi connectivity index (χ4v) is 3.45. The van der Waals surface area contributed by atoms with Crippen molar-refractivity contribution in [1.82, 2.24) is 14.8 Å². The molecule has 0 saturated carbocycles. The number of benzene rings is 2. The lowest BCUT2D eigenvalue weighted by Gasteiger charge is -2.13. The summed E-state index contributed by atoms with van der Waals surface area (Å²) in [5, 5.41) is 10.9. The zero-order chi connectivity index (χ0) is 18.7. The van der Waals surface area contributed by atoms with Gasteiger partial charge in [0.05, 0.1) is 5.69 Å². The minimum atomic E-state index is -0.488. The van der Waals surface area contributed by atoms with Crippen molar-refractivity contribution in [2.24, 2.45) is 0 Å². The first kappa shape index (κ1) is 18.1. The monoisotopic (exact) mass is 374 g/mol. The zero-order valence-corrected chi connectivity index (χ0v) is 14.9. The molecule has 8 heteroatoms. The van der Waals surface area contributed by atoms with Crippen LogP contribution in [0.1, 0.15) is 24.7 Å². The van der Waals surface area contributed by atoms with Gasteiger partial charge in [0.2, 0.25) is 5.91 Å². The zero-order valence-electron chi connectivity index (χ0n) is 14.1. The molecule has 0 aliphatic rings. The van der Waals surface area contributed by atoms with Crippen LogP contribution in [0.3, 0.4) is 0 Å². The van der Waals surface area contributed by atoms with Crippen molar-refractivity contribution in [1.29, 1.82) is 0 Å². The van der Waals surface area contributed by atoms with E-state index < -0.39 is 11.6 Å². The van der Waals surface area contributed by atoms with Gasteiger partial charge in [-0.3, -0.25) is 9.36 Å². The highest BCUT2D eigenvalue weighted by molar-refractivity contribution is 7.99. The molecule has 3 rings (SSSR count). The molecule has 26 heavy (non-hydrogen) atoms. The van der Waals surface area contributed by atoms with Crippen LogP contribution in [-0.4, -0.2) is 20.7 Å². The van der Waals surface area contributed by atoms with Crippen LogP contribution >= 0.6 is 11.8 Å². The topological polar surface area (TPSA) is 59.8 Å². The quantitative estimate of drug-likeness (QED) is 0.674. The normalized spacial score (nSPS) is 12.0. The smallest absolute Gasteiger partial charge is 0.221 e. The van der Waals surface area contributed by atoms with Gasteiger partial charge >= 0.3 is 0 Å². The number of nitrogens with zero attached hydrogens (tertiary/aromatic N) is 3. The van der Waals surface area contributed by atoms with E-state index in [2.05, 4.69) is 15.5 Å². The van der Waals surface area contributed by atoms with E-state index in [4.69, 9.17) is 0 Å². The summed E-state index contributed by atoms with van der Waals surface area (Å²) in [6, 6.07) is 10.6. The highest BCUT2D eigenvalue weighted by atomic mass is 32.2. The predicted molar refractivity (Wildman–Crippen MR) is 96.3 cm³/mol. The van der Waals surface area contributed by atoms with Crippen molar-refractivity contribution in [2.75, 3.05) is 5.32 Å². The number of rotatable bonds is 5. The number of aromatic nitrogens is 3. The molecule has 0 spiro atoms. The van der Waals surface area contributed by atoms with Crippen molar-refractivity contribution in [3.63, 3.8) is 0 Å². The number of nitrogens with one attached hydrogen (secondary N) is 1. The Labute approximate surface area is 153 Å². The van der Waals surface area contributed by atoms with Crippen molar-refractivity contribution in [3.8, 4) is 5.69 Å². The SMILES string of the molecule is CC(=O)Nc1cccc(-n2cnnc2S[C@H](C)c2cc(F)ccc2F)c1. The van der Waals surface area contributed by atoms with Crippen LogP contribution < -0.4 is 5.32 Å². The minimum Gasteiger partial charge on any atom is -0.326 e. The van der Waals surface area contributed by atoms with E-state index >= 15 is 0 Å². The Balaban J connectivity index is 1.87. The molecule has 0 saturated heterocycles. The van der Waals surface area contributed by atoms with Crippen molar-refractivity contribution >= 4 is 23.4 Å². The number of amides is 1. The summed E-state index contributed by atoms with van der Waals surface area (Å²) >= 11 is 1.26. The van der Waals surface area contributed by atoms with Gasteiger partial charge in [-0.05, 0) is 43.3 Å². The number of hydrogen-bond donors (Lipinski definition) is 1. The minimum absolute atomic E-state index is 0.171. The second kappa shape index (κ2) is 7.65. The standard InChI is InChI=1S/C18H16F2N4OS/c1-11(16-8-13(19)6-7-17(16)20)26-18-23-21-10-24(18)15-5-3-4-14(9-15)22-12(2)25/h3-11H,1-2H3,(H,22,25)/t11-/m1/s1. The highest BCUT2D eigenvalue weighted by Crippen LogP contribution is 2.36. The van der Waals surface area contributed by atoms with Gasteiger partial charge in [-0.25, -0.2) is 8.78 Å². The van der Waals surface area contributed by atoms with Crippen LogP contribution in [0.25, 0.3) is 5.69 Å². The van der Waals surface area contributed by atoms with Gasteiger partial charge in [-0.15, -0.1) is 10.2 Å². The third kappa shape index (κ3) is 4.08. The predicted octanol–water partition coefficient (Wildman–Crippen LogP) is 4.36. The summed E-state index contributed by atoms with van der Waals surface area (Å²) in [7, 11) is 0. The van der Waals surface area contributed by atoms with Gasteiger partial charge in [0.15, 0.2) is 5.16 Å². The maximum atomic E-state index is 14.0. The lowest BCUT2D eigenvalue weighted by molar-refractivity contribution is -0.114. The van der Waals surface area contributed by atoms with Gasteiger partial charge in [0.1, 0.15) is 18.0 Å². The number of hydrogen-bond acceptors (Lipinski definition) is 4. The number of anilines is 1. The van der Waals surface area contributed by atoms with Gasteiger partial charge < -0.3 is 5.32 Å². The van der Waals surface area contributed by atoms with E-state index in [1.807, 2.05) is 6.07 Å². The number of carbonyl (C=O) groups is 1. The molecule has 0 unspecified atom stereocenters. The first-order valence-corrected chi connectivity index (χ1v) is 8.71. The summed E-state index contributed by atoms with van der Waals surface area (Å²) < 4.78 is 29.1. The summed E-state index contributed by atoms with van der Waals surface area (Å²) in [4.78, 5) is 11.2. The molecule has 3 aromatic rings. The molecule has 1 N–H and O–H groups in total. The molecule has 1 aromatic heterocycles. The van der Waals surface area contributed by atoms with E-state index in [0.29, 0.717) is 10.8 Å². The molecule has 0 aliphatic heterocycles. The number of carbonyl (C=O) groups excluding carboxylic acids is 1. The second-order valence-electron chi connectivity index (χ2n) is 5.64. The van der Waals surface area contributed by atoms with Crippen LogP contribution in [0.5, 0.6) is 0 Å². The second-order valence-corrected chi connectivity index (χ2v) is 6.95. The lowest BCUT2D eigenvalue weighted by Crippen LogP contribution is -2.06. The Kier molecular flexibility index (Phi) is 5.32. The molecule has 0 bridgehead atoms. The Morgan fingerprint density at radius 2 is 2.04 bits per heavy atom. The van der Waals surface area contributed by atoms with Crippen LogP contribution in [0.15, 0.2) is 53.9 Å². The maximum Gasteiger partial charge on any atom is 0.221 e. The van der Waals surface area contributed by atoms with E-state index in [9.17, 15) is 13.6 Å². The van der Waals surface area contributed by atoms with Gasteiger partial charge in [-0.2, -0.15) is 0 Å². The first-order chi connectivity index (χ1) is 12.4. The highest BCUT2D eigenvalue weighted by Gasteiger charge is 2.17. The van der Waals surface area contributed by atoms with Crippen LogP contribution in [0, 0.1) is 11.6 Å². The van der Waals surface area contributed by atoms with Crippen molar-refractivity contribution in [3.05, 3.63) is 66.0 Å².